The first-order valence-corrected chi connectivity index (χ1v) is 11.3. The number of H-pyrrole nitrogens is 1. The number of aromatic nitrogens is 3. The molecule has 2 saturated heterocycles. The summed E-state index contributed by atoms with van der Waals surface area (Å²) in [7, 11) is 4.30. The standard InChI is InChI=1S/C24H31FN6/c1-16-17(25)10-11-26-22(16)19-7-5-9-21(30(19)3)24-27-18-6-4-8-20(23(18)28-24)31-14-12-29(2)13-15-31/h4,6,8,10-11,19,21H,5,7,9,12-15H2,1-3H3,(H,27,28)/t19-,21+/m0/s1. The highest BCUT2D eigenvalue weighted by Gasteiger charge is 2.33. The number of para-hydroxylation sites is 1. The SMILES string of the molecule is Cc1c(F)ccnc1[C@@H]1CCC[C@H](c2nc3c(N4CCN(C)CC4)cccc3[nH]2)N1C. The van der Waals surface area contributed by atoms with Crippen molar-refractivity contribution < 1.29 is 4.39 Å². The number of hydrogen-bond acceptors (Lipinski definition) is 5. The number of piperidine rings is 1. The van der Waals surface area contributed by atoms with E-state index in [9.17, 15) is 4.39 Å². The summed E-state index contributed by atoms with van der Waals surface area (Å²) in [5, 5.41) is 0. The molecule has 1 aromatic carbocycles. The number of halogens is 1. The molecule has 6 nitrogen and oxygen atoms in total. The van der Waals surface area contributed by atoms with E-state index in [-0.39, 0.29) is 17.9 Å². The first kappa shape index (κ1) is 20.4. The Hall–Kier alpha value is -2.51. The topological polar surface area (TPSA) is 51.3 Å². The number of anilines is 1. The molecule has 2 fully saturated rings. The maximum atomic E-state index is 14.2. The molecule has 2 aliphatic heterocycles. The number of nitrogens with zero attached hydrogens (tertiary/aromatic N) is 5. The number of aromatic amines is 1. The van der Waals surface area contributed by atoms with E-state index in [1.54, 1.807) is 6.20 Å². The van der Waals surface area contributed by atoms with Gasteiger partial charge in [-0.25, -0.2) is 9.37 Å². The highest BCUT2D eigenvalue weighted by molar-refractivity contribution is 5.89. The van der Waals surface area contributed by atoms with Gasteiger partial charge in [0.05, 0.1) is 29.0 Å². The van der Waals surface area contributed by atoms with Gasteiger partial charge >= 0.3 is 0 Å². The zero-order valence-electron chi connectivity index (χ0n) is 18.6. The second kappa shape index (κ2) is 8.20. The lowest BCUT2D eigenvalue weighted by atomic mass is 9.92. The lowest BCUT2D eigenvalue weighted by molar-refractivity contribution is 0.106. The van der Waals surface area contributed by atoms with Crippen LogP contribution in [0.4, 0.5) is 10.1 Å². The molecule has 0 saturated carbocycles. The minimum Gasteiger partial charge on any atom is -0.367 e. The molecule has 2 aromatic heterocycles. The van der Waals surface area contributed by atoms with E-state index in [0.717, 1.165) is 68.0 Å². The summed E-state index contributed by atoms with van der Waals surface area (Å²) in [5.41, 5.74) is 4.86. The lowest BCUT2D eigenvalue weighted by Gasteiger charge is -2.38. The molecule has 3 aromatic rings. The molecule has 31 heavy (non-hydrogen) atoms. The molecule has 7 heteroatoms. The van der Waals surface area contributed by atoms with Gasteiger partial charge < -0.3 is 14.8 Å². The van der Waals surface area contributed by atoms with Gasteiger partial charge in [-0.2, -0.15) is 0 Å². The van der Waals surface area contributed by atoms with Crippen LogP contribution in [0.5, 0.6) is 0 Å². The number of rotatable bonds is 3. The number of imidazole rings is 1. The Morgan fingerprint density at radius 3 is 2.61 bits per heavy atom. The van der Waals surface area contributed by atoms with Crippen LogP contribution in [-0.4, -0.2) is 65.0 Å². The summed E-state index contributed by atoms with van der Waals surface area (Å²) < 4.78 is 14.2. The maximum absolute atomic E-state index is 14.2. The fourth-order valence-electron chi connectivity index (χ4n) is 5.15. The molecular formula is C24H31FN6. The molecule has 0 aliphatic carbocycles. The van der Waals surface area contributed by atoms with Crippen LogP contribution in [0.1, 0.15) is 48.4 Å². The van der Waals surface area contributed by atoms with Gasteiger partial charge in [0, 0.05) is 37.9 Å². The van der Waals surface area contributed by atoms with Crippen molar-refractivity contribution in [3.8, 4) is 0 Å². The molecule has 2 atom stereocenters. The highest BCUT2D eigenvalue weighted by Crippen LogP contribution is 2.41. The summed E-state index contributed by atoms with van der Waals surface area (Å²) in [5.74, 6) is 0.818. The number of piperazine rings is 1. The van der Waals surface area contributed by atoms with Crippen molar-refractivity contribution in [2.75, 3.05) is 45.2 Å². The molecule has 0 bridgehead atoms. The normalized spacial score (nSPS) is 23.5. The molecule has 0 amide bonds. The van der Waals surface area contributed by atoms with E-state index < -0.39 is 0 Å². The summed E-state index contributed by atoms with van der Waals surface area (Å²) in [4.78, 5) is 20.4. The Bertz CT molecular complexity index is 1070. The van der Waals surface area contributed by atoms with Gasteiger partial charge in [-0.15, -0.1) is 0 Å². The van der Waals surface area contributed by atoms with Crippen LogP contribution in [0.3, 0.4) is 0 Å². The quantitative estimate of drug-likeness (QED) is 0.690. The number of likely N-dealkylation sites (N-methyl/N-ethyl adjacent to an activating group) is 1. The Balaban J connectivity index is 1.46. The molecule has 4 heterocycles. The largest absolute Gasteiger partial charge is 0.367 e. The minimum absolute atomic E-state index is 0.0970. The average Bonchev–Trinajstić information content (AvgIpc) is 3.21. The molecule has 5 rings (SSSR count). The third-order valence-electron chi connectivity index (χ3n) is 7.10. The van der Waals surface area contributed by atoms with Gasteiger partial charge in [-0.3, -0.25) is 9.88 Å². The van der Waals surface area contributed by atoms with E-state index in [4.69, 9.17) is 4.98 Å². The molecular weight excluding hydrogens is 391 g/mol. The summed E-state index contributed by atoms with van der Waals surface area (Å²) in [6, 6.07) is 8.12. The molecule has 1 N–H and O–H groups in total. The van der Waals surface area contributed by atoms with Crippen molar-refractivity contribution in [1.29, 1.82) is 0 Å². The predicted octanol–water partition coefficient (Wildman–Crippen LogP) is 4.06. The smallest absolute Gasteiger partial charge is 0.129 e. The van der Waals surface area contributed by atoms with Crippen LogP contribution in [0.2, 0.25) is 0 Å². The molecule has 164 valence electrons. The fraction of sp³-hybridized carbons (Fsp3) is 0.500. The highest BCUT2D eigenvalue weighted by atomic mass is 19.1. The maximum Gasteiger partial charge on any atom is 0.129 e. The van der Waals surface area contributed by atoms with E-state index >= 15 is 0 Å². The predicted molar refractivity (Wildman–Crippen MR) is 122 cm³/mol. The van der Waals surface area contributed by atoms with Gasteiger partial charge in [0.25, 0.3) is 0 Å². The Kier molecular flexibility index (Phi) is 5.40. The Morgan fingerprint density at radius 2 is 1.81 bits per heavy atom. The van der Waals surface area contributed by atoms with Crippen molar-refractivity contribution >= 4 is 16.7 Å². The number of fused-ring (bicyclic) bond motifs is 1. The monoisotopic (exact) mass is 422 g/mol. The van der Waals surface area contributed by atoms with Gasteiger partial charge in [-0.05, 0) is 58.5 Å². The number of nitrogens with one attached hydrogen (secondary N) is 1. The zero-order valence-corrected chi connectivity index (χ0v) is 18.6. The molecule has 0 unspecified atom stereocenters. The van der Waals surface area contributed by atoms with Gasteiger partial charge in [-0.1, -0.05) is 6.07 Å². The third kappa shape index (κ3) is 3.70. The van der Waals surface area contributed by atoms with Crippen LogP contribution >= 0.6 is 0 Å². The van der Waals surface area contributed by atoms with Crippen LogP contribution in [0, 0.1) is 12.7 Å². The second-order valence-electron chi connectivity index (χ2n) is 9.02. The van der Waals surface area contributed by atoms with Crippen molar-refractivity contribution in [3.05, 3.63) is 53.4 Å². The Labute approximate surface area is 183 Å². The number of pyridine rings is 1. The van der Waals surface area contributed by atoms with E-state index in [0.29, 0.717) is 5.56 Å². The number of hydrogen-bond donors (Lipinski definition) is 1. The molecule has 0 radical (unpaired) electrons. The van der Waals surface area contributed by atoms with E-state index in [1.165, 1.54) is 11.8 Å². The van der Waals surface area contributed by atoms with Gasteiger partial charge in [0.15, 0.2) is 0 Å². The molecule has 2 aliphatic rings. The van der Waals surface area contributed by atoms with Crippen molar-refractivity contribution in [1.82, 2.24) is 24.8 Å². The van der Waals surface area contributed by atoms with Crippen molar-refractivity contribution in [2.24, 2.45) is 0 Å². The van der Waals surface area contributed by atoms with E-state index in [1.807, 2.05) is 6.92 Å². The Morgan fingerprint density at radius 1 is 1.03 bits per heavy atom. The summed E-state index contributed by atoms with van der Waals surface area (Å²) in [6.45, 7) is 6.02. The fourth-order valence-corrected chi connectivity index (χ4v) is 5.15. The van der Waals surface area contributed by atoms with Crippen LogP contribution in [0.25, 0.3) is 11.0 Å². The summed E-state index contributed by atoms with van der Waals surface area (Å²) >= 11 is 0. The third-order valence-corrected chi connectivity index (χ3v) is 7.10. The van der Waals surface area contributed by atoms with E-state index in [2.05, 4.69) is 57.0 Å². The van der Waals surface area contributed by atoms with Gasteiger partial charge in [0.2, 0.25) is 0 Å². The van der Waals surface area contributed by atoms with Crippen LogP contribution < -0.4 is 4.90 Å². The second-order valence-corrected chi connectivity index (χ2v) is 9.02. The zero-order chi connectivity index (χ0) is 21.5. The molecule has 0 spiro atoms. The first-order valence-electron chi connectivity index (χ1n) is 11.3. The number of benzene rings is 1. The number of likely N-dealkylation sites (tertiary alicyclic amines) is 1. The van der Waals surface area contributed by atoms with Gasteiger partial charge in [0.1, 0.15) is 17.2 Å². The summed E-state index contributed by atoms with van der Waals surface area (Å²) in [6.07, 6.45) is 4.67. The lowest BCUT2D eigenvalue weighted by Crippen LogP contribution is -2.44. The van der Waals surface area contributed by atoms with Crippen molar-refractivity contribution in [3.63, 3.8) is 0 Å². The first-order chi connectivity index (χ1) is 15.0. The van der Waals surface area contributed by atoms with Crippen LogP contribution in [-0.2, 0) is 0 Å². The van der Waals surface area contributed by atoms with Crippen molar-refractivity contribution in [2.45, 2.75) is 38.3 Å². The minimum atomic E-state index is -0.180. The average molecular weight is 423 g/mol. The van der Waals surface area contributed by atoms with Crippen LogP contribution in [0.15, 0.2) is 30.5 Å².